The van der Waals surface area contributed by atoms with Crippen molar-refractivity contribution < 1.29 is 0 Å². The summed E-state index contributed by atoms with van der Waals surface area (Å²) in [7, 11) is 0. The van der Waals surface area contributed by atoms with E-state index < -0.39 is 0 Å². The van der Waals surface area contributed by atoms with Gasteiger partial charge in [-0.15, -0.1) is 0 Å². The molecule has 1 aromatic carbocycles. The zero-order valence-corrected chi connectivity index (χ0v) is 19.0. The first-order chi connectivity index (χ1) is 16.6. The van der Waals surface area contributed by atoms with Gasteiger partial charge in [0.1, 0.15) is 17.3 Å². The normalized spacial score (nSPS) is 18.7. The lowest BCUT2D eigenvalue weighted by Crippen LogP contribution is -2.24. The fourth-order valence-electron chi connectivity index (χ4n) is 4.98. The van der Waals surface area contributed by atoms with E-state index in [1.165, 1.54) is 24.0 Å². The Morgan fingerprint density at radius 3 is 2.56 bits per heavy atom. The highest BCUT2D eigenvalue weighted by Crippen LogP contribution is 2.42. The topological polar surface area (TPSA) is 101 Å². The number of nitrogens with one attached hydrogen (secondary N) is 3. The van der Waals surface area contributed by atoms with Gasteiger partial charge in [-0.3, -0.25) is 0 Å². The van der Waals surface area contributed by atoms with Gasteiger partial charge in [-0.05, 0) is 85.7 Å². The summed E-state index contributed by atoms with van der Waals surface area (Å²) >= 11 is 0. The van der Waals surface area contributed by atoms with Gasteiger partial charge in [0.2, 0.25) is 5.95 Å². The van der Waals surface area contributed by atoms with Gasteiger partial charge in [0.15, 0.2) is 5.82 Å². The Kier molecular flexibility index (Phi) is 5.15. The lowest BCUT2D eigenvalue weighted by atomic mass is 9.84. The third-order valence-corrected chi connectivity index (χ3v) is 6.61. The van der Waals surface area contributed by atoms with E-state index in [2.05, 4.69) is 59.1 Å². The molecule has 6 rings (SSSR count). The Morgan fingerprint density at radius 1 is 0.853 bits per heavy atom. The molecule has 1 spiro atoms. The smallest absolute Gasteiger partial charge is 0.229 e. The summed E-state index contributed by atoms with van der Waals surface area (Å²) < 4.78 is 0. The van der Waals surface area contributed by atoms with Crippen molar-refractivity contribution in [3.63, 3.8) is 0 Å². The Morgan fingerprint density at radius 2 is 1.71 bits per heavy atom. The highest BCUT2D eigenvalue weighted by Gasteiger charge is 2.39. The van der Waals surface area contributed by atoms with Crippen LogP contribution in [0.1, 0.15) is 23.2 Å². The number of anilines is 4. The van der Waals surface area contributed by atoms with Crippen LogP contribution >= 0.6 is 0 Å². The molecule has 1 fully saturated rings. The fraction of sp³-hybridized carbons (Fsp3) is 0.269. The third kappa shape index (κ3) is 4.20. The van der Waals surface area contributed by atoms with Crippen molar-refractivity contribution in [3.05, 3.63) is 77.7 Å². The number of aryl methyl sites for hydroxylation is 1. The first-order valence-electron chi connectivity index (χ1n) is 11.6. The van der Waals surface area contributed by atoms with Crippen molar-refractivity contribution in [3.8, 4) is 11.5 Å². The molecule has 0 saturated carbocycles. The van der Waals surface area contributed by atoms with Crippen molar-refractivity contribution in [1.29, 1.82) is 0 Å². The van der Waals surface area contributed by atoms with Gasteiger partial charge in [0.05, 0.1) is 0 Å². The minimum Gasteiger partial charge on any atom is -0.325 e. The molecule has 1 atom stereocenters. The van der Waals surface area contributed by atoms with Gasteiger partial charge in [-0.25, -0.2) is 19.9 Å². The molecule has 34 heavy (non-hydrogen) atoms. The van der Waals surface area contributed by atoms with Crippen molar-refractivity contribution in [2.24, 2.45) is 5.41 Å². The van der Waals surface area contributed by atoms with E-state index in [-0.39, 0.29) is 0 Å². The highest BCUT2D eigenvalue weighted by molar-refractivity contribution is 5.60. The Hall–Kier alpha value is -3.91. The summed E-state index contributed by atoms with van der Waals surface area (Å²) in [6.07, 6.45) is 7.01. The molecule has 1 saturated heterocycles. The Labute approximate surface area is 198 Å². The van der Waals surface area contributed by atoms with E-state index in [9.17, 15) is 0 Å². The minimum atomic E-state index is 0.408. The van der Waals surface area contributed by atoms with E-state index in [1.807, 2.05) is 37.3 Å². The molecule has 8 nitrogen and oxygen atoms in total. The Bertz CT molecular complexity index is 1350. The molecule has 170 valence electrons. The van der Waals surface area contributed by atoms with Crippen LogP contribution in [0.5, 0.6) is 0 Å². The second-order valence-electron chi connectivity index (χ2n) is 9.21. The van der Waals surface area contributed by atoms with Crippen molar-refractivity contribution >= 4 is 23.3 Å². The van der Waals surface area contributed by atoms with Gasteiger partial charge in [-0.1, -0.05) is 12.1 Å². The molecule has 4 heterocycles. The van der Waals surface area contributed by atoms with Crippen LogP contribution < -0.4 is 16.0 Å². The zero-order chi connectivity index (χ0) is 23.0. The quantitative estimate of drug-likeness (QED) is 0.416. The van der Waals surface area contributed by atoms with Gasteiger partial charge >= 0.3 is 0 Å². The molecular weight excluding hydrogens is 424 g/mol. The summed E-state index contributed by atoms with van der Waals surface area (Å²) in [4.78, 5) is 22.5. The molecule has 3 N–H and O–H groups in total. The van der Waals surface area contributed by atoms with Crippen LogP contribution in [0.2, 0.25) is 0 Å². The number of aromatic nitrogens is 5. The molecule has 1 unspecified atom stereocenters. The number of hydrogen-bond acceptors (Lipinski definition) is 8. The number of pyridine rings is 1. The molecular formula is C26H26N8. The molecule has 2 aliphatic rings. The number of fused-ring (bicyclic) bond motifs is 1. The number of rotatable bonds is 5. The maximum Gasteiger partial charge on any atom is 0.229 e. The third-order valence-electron chi connectivity index (χ3n) is 6.61. The van der Waals surface area contributed by atoms with E-state index in [1.54, 1.807) is 12.4 Å². The largest absolute Gasteiger partial charge is 0.325 e. The second kappa shape index (κ2) is 8.46. The fourth-order valence-corrected chi connectivity index (χ4v) is 4.98. The number of nitrogens with zero attached hydrogens (tertiary/aromatic N) is 5. The summed E-state index contributed by atoms with van der Waals surface area (Å²) in [5.41, 5.74) is 5.97. The Balaban J connectivity index is 1.18. The maximum atomic E-state index is 4.62. The van der Waals surface area contributed by atoms with Gasteiger partial charge in [0, 0.05) is 30.3 Å². The number of benzene rings is 1. The molecule has 0 bridgehead atoms. The number of hydrogen-bond donors (Lipinski definition) is 3. The van der Waals surface area contributed by atoms with Crippen molar-refractivity contribution in [2.75, 3.05) is 23.7 Å². The summed E-state index contributed by atoms with van der Waals surface area (Å²) in [6, 6.07) is 16.0. The monoisotopic (exact) mass is 450 g/mol. The van der Waals surface area contributed by atoms with Crippen molar-refractivity contribution in [2.45, 2.75) is 26.2 Å². The molecule has 4 aromatic rings. The first kappa shape index (κ1) is 20.7. The summed E-state index contributed by atoms with van der Waals surface area (Å²) in [6.45, 7) is 4.19. The predicted octanol–water partition coefficient (Wildman–Crippen LogP) is 4.20. The van der Waals surface area contributed by atoms with E-state index in [0.29, 0.717) is 28.8 Å². The molecule has 8 heteroatoms. The van der Waals surface area contributed by atoms with Gasteiger partial charge in [0.25, 0.3) is 0 Å². The standard InChI is InChI=1S/C26H26N8/c1-17-3-2-4-21(30-17)24-28-10-7-22(33-24)32-23-8-11-29-25(34-23)31-20-6-5-18-14-26(9-12-27-16-26)15-19(18)13-20/h2-8,10-11,13,27H,9,12,14-16H2,1H3,(H2,28,29,31,32,33,34). The van der Waals surface area contributed by atoms with Crippen LogP contribution in [0.4, 0.5) is 23.3 Å². The first-order valence-corrected chi connectivity index (χ1v) is 11.6. The maximum absolute atomic E-state index is 4.62. The average Bonchev–Trinajstić information content (AvgIpc) is 3.45. The second-order valence-corrected chi connectivity index (χ2v) is 9.21. The highest BCUT2D eigenvalue weighted by atomic mass is 15.2. The molecule has 1 aliphatic heterocycles. The van der Waals surface area contributed by atoms with E-state index in [0.717, 1.165) is 36.6 Å². The zero-order valence-electron chi connectivity index (χ0n) is 19.0. The minimum absolute atomic E-state index is 0.408. The SMILES string of the molecule is Cc1cccc(-c2nccc(Nc3ccnc(Nc4ccc5c(c4)CC4(CCNC4)C5)n3)n2)n1. The van der Waals surface area contributed by atoms with Gasteiger partial charge < -0.3 is 16.0 Å². The van der Waals surface area contributed by atoms with E-state index >= 15 is 0 Å². The van der Waals surface area contributed by atoms with E-state index in [4.69, 9.17) is 0 Å². The summed E-state index contributed by atoms with van der Waals surface area (Å²) in [5, 5.41) is 10.1. The van der Waals surface area contributed by atoms with Crippen LogP contribution in [0.3, 0.4) is 0 Å². The molecule has 3 aromatic heterocycles. The molecule has 1 aliphatic carbocycles. The lowest BCUT2D eigenvalue weighted by molar-refractivity contribution is 0.345. The summed E-state index contributed by atoms with van der Waals surface area (Å²) in [5.74, 6) is 2.40. The van der Waals surface area contributed by atoms with Crippen molar-refractivity contribution in [1.82, 2.24) is 30.2 Å². The van der Waals surface area contributed by atoms with Crippen LogP contribution in [0.25, 0.3) is 11.5 Å². The molecule has 0 amide bonds. The average molecular weight is 451 g/mol. The lowest BCUT2D eigenvalue weighted by Gasteiger charge is -2.20. The van der Waals surface area contributed by atoms with Crippen LogP contribution in [0, 0.1) is 12.3 Å². The van der Waals surface area contributed by atoms with Crippen LogP contribution in [0.15, 0.2) is 60.9 Å². The van der Waals surface area contributed by atoms with Crippen LogP contribution in [-0.2, 0) is 12.8 Å². The molecule has 0 radical (unpaired) electrons. The predicted molar refractivity (Wildman–Crippen MR) is 132 cm³/mol. The van der Waals surface area contributed by atoms with Gasteiger partial charge in [-0.2, -0.15) is 4.98 Å². The van der Waals surface area contributed by atoms with Crippen LogP contribution in [-0.4, -0.2) is 38.0 Å².